The summed E-state index contributed by atoms with van der Waals surface area (Å²) in [4.78, 5) is 0. The van der Waals surface area contributed by atoms with Gasteiger partial charge in [-0.05, 0) is 42.9 Å². The van der Waals surface area contributed by atoms with Crippen molar-refractivity contribution in [3.63, 3.8) is 0 Å². The summed E-state index contributed by atoms with van der Waals surface area (Å²) >= 11 is 0. The van der Waals surface area contributed by atoms with Crippen molar-refractivity contribution >= 4 is 0 Å². The summed E-state index contributed by atoms with van der Waals surface area (Å²) in [6.45, 7) is 1.58. The molecule has 2 atom stereocenters. The SMILES string of the molecule is OC(Cc1ccc(F)cc1)CC1CCOC1. The van der Waals surface area contributed by atoms with Gasteiger partial charge in [-0.2, -0.15) is 0 Å². The Balaban J connectivity index is 1.81. The summed E-state index contributed by atoms with van der Waals surface area (Å²) in [7, 11) is 0. The average molecular weight is 224 g/mol. The number of hydrogen-bond donors (Lipinski definition) is 1. The lowest BCUT2D eigenvalue weighted by molar-refractivity contribution is 0.128. The first kappa shape index (κ1) is 11.6. The van der Waals surface area contributed by atoms with E-state index < -0.39 is 0 Å². The van der Waals surface area contributed by atoms with Crippen molar-refractivity contribution in [1.82, 2.24) is 0 Å². The average Bonchev–Trinajstić information content (AvgIpc) is 2.74. The predicted molar refractivity (Wildman–Crippen MR) is 59.7 cm³/mol. The Morgan fingerprint density at radius 2 is 2.12 bits per heavy atom. The number of hydrogen-bond acceptors (Lipinski definition) is 2. The first-order chi connectivity index (χ1) is 7.74. The van der Waals surface area contributed by atoms with Crippen LogP contribution in [0, 0.1) is 11.7 Å². The third kappa shape index (κ3) is 3.29. The van der Waals surface area contributed by atoms with Gasteiger partial charge in [0.2, 0.25) is 0 Å². The van der Waals surface area contributed by atoms with Gasteiger partial charge in [0.05, 0.1) is 6.10 Å². The smallest absolute Gasteiger partial charge is 0.123 e. The molecule has 3 heteroatoms. The Labute approximate surface area is 95.1 Å². The van der Waals surface area contributed by atoms with Gasteiger partial charge in [-0.3, -0.25) is 0 Å². The van der Waals surface area contributed by atoms with E-state index in [1.165, 1.54) is 12.1 Å². The van der Waals surface area contributed by atoms with E-state index in [1.54, 1.807) is 12.1 Å². The molecule has 2 rings (SSSR count). The van der Waals surface area contributed by atoms with Crippen LogP contribution in [0.5, 0.6) is 0 Å². The molecule has 1 aromatic rings. The fourth-order valence-electron chi connectivity index (χ4n) is 2.13. The molecule has 2 nitrogen and oxygen atoms in total. The largest absolute Gasteiger partial charge is 0.393 e. The fourth-order valence-corrected chi connectivity index (χ4v) is 2.13. The first-order valence-corrected chi connectivity index (χ1v) is 5.74. The highest BCUT2D eigenvalue weighted by Crippen LogP contribution is 2.19. The molecule has 1 aromatic carbocycles. The van der Waals surface area contributed by atoms with Crippen LogP contribution in [0.2, 0.25) is 0 Å². The van der Waals surface area contributed by atoms with E-state index in [9.17, 15) is 9.50 Å². The van der Waals surface area contributed by atoms with E-state index in [0.29, 0.717) is 12.3 Å². The Bertz CT molecular complexity index is 317. The van der Waals surface area contributed by atoms with Gasteiger partial charge in [0.1, 0.15) is 5.82 Å². The number of rotatable bonds is 4. The zero-order valence-corrected chi connectivity index (χ0v) is 9.23. The minimum Gasteiger partial charge on any atom is -0.393 e. The van der Waals surface area contributed by atoms with Gasteiger partial charge < -0.3 is 9.84 Å². The van der Waals surface area contributed by atoms with Crippen molar-refractivity contribution in [1.29, 1.82) is 0 Å². The Kier molecular flexibility index (Phi) is 3.91. The maximum atomic E-state index is 12.7. The van der Waals surface area contributed by atoms with E-state index in [4.69, 9.17) is 4.74 Å². The second kappa shape index (κ2) is 5.41. The first-order valence-electron chi connectivity index (χ1n) is 5.74. The van der Waals surface area contributed by atoms with E-state index in [2.05, 4.69) is 0 Å². The summed E-state index contributed by atoms with van der Waals surface area (Å²) in [5, 5.41) is 9.88. The summed E-state index contributed by atoms with van der Waals surface area (Å²) in [5.74, 6) is 0.248. The summed E-state index contributed by atoms with van der Waals surface area (Å²) in [6.07, 6.45) is 2.06. The quantitative estimate of drug-likeness (QED) is 0.849. The van der Waals surface area contributed by atoms with Gasteiger partial charge in [0.15, 0.2) is 0 Å². The molecule has 0 aliphatic carbocycles. The standard InChI is InChI=1S/C13H17FO2/c14-12-3-1-10(2-4-12)7-13(15)8-11-5-6-16-9-11/h1-4,11,13,15H,5-9H2. The highest BCUT2D eigenvalue weighted by Gasteiger charge is 2.19. The maximum absolute atomic E-state index is 12.7. The lowest BCUT2D eigenvalue weighted by atomic mass is 9.96. The highest BCUT2D eigenvalue weighted by molar-refractivity contribution is 5.16. The zero-order chi connectivity index (χ0) is 11.4. The lowest BCUT2D eigenvalue weighted by Gasteiger charge is -2.14. The van der Waals surface area contributed by atoms with Gasteiger partial charge in [-0.1, -0.05) is 12.1 Å². The molecule has 2 unspecified atom stereocenters. The zero-order valence-electron chi connectivity index (χ0n) is 9.23. The van der Waals surface area contributed by atoms with E-state index >= 15 is 0 Å². The van der Waals surface area contributed by atoms with E-state index in [-0.39, 0.29) is 11.9 Å². The summed E-state index contributed by atoms with van der Waals surface area (Å²) in [6, 6.07) is 6.31. The second-order valence-electron chi connectivity index (χ2n) is 4.45. The minimum absolute atomic E-state index is 0.234. The molecule has 1 fully saturated rings. The van der Waals surface area contributed by atoms with E-state index in [0.717, 1.165) is 31.6 Å². The monoisotopic (exact) mass is 224 g/mol. The van der Waals surface area contributed by atoms with Gasteiger partial charge >= 0.3 is 0 Å². The number of benzene rings is 1. The number of aliphatic hydroxyl groups is 1. The van der Waals surface area contributed by atoms with Gasteiger partial charge in [-0.15, -0.1) is 0 Å². The normalized spacial score (nSPS) is 22.2. The third-order valence-corrected chi connectivity index (χ3v) is 3.01. The topological polar surface area (TPSA) is 29.5 Å². The molecular formula is C13H17FO2. The molecule has 0 spiro atoms. The molecule has 1 aliphatic rings. The van der Waals surface area contributed by atoms with Crippen LogP contribution >= 0.6 is 0 Å². The Morgan fingerprint density at radius 3 is 2.75 bits per heavy atom. The van der Waals surface area contributed by atoms with Crippen molar-refractivity contribution in [2.45, 2.75) is 25.4 Å². The van der Waals surface area contributed by atoms with Crippen LogP contribution in [0.15, 0.2) is 24.3 Å². The molecule has 0 amide bonds. The van der Waals surface area contributed by atoms with Crippen molar-refractivity contribution in [3.8, 4) is 0 Å². The third-order valence-electron chi connectivity index (χ3n) is 3.01. The molecule has 0 saturated carbocycles. The lowest BCUT2D eigenvalue weighted by Crippen LogP contribution is -2.16. The van der Waals surface area contributed by atoms with Crippen LogP contribution in [0.25, 0.3) is 0 Å². The number of aliphatic hydroxyl groups excluding tert-OH is 1. The second-order valence-corrected chi connectivity index (χ2v) is 4.45. The molecule has 0 radical (unpaired) electrons. The minimum atomic E-state index is -0.350. The van der Waals surface area contributed by atoms with Crippen LogP contribution in [0.1, 0.15) is 18.4 Å². The van der Waals surface area contributed by atoms with Crippen LogP contribution in [0.4, 0.5) is 4.39 Å². The molecule has 0 aromatic heterocycles. The molecule has 1 N–H and O–H groups in total. The molecule has 16 heavy (non-hydrogen) atoms. The molecular weight excluding hydrogens is 207 g/mol. The van der Waals surface area contributed by atoms with Gasteiger partial charge in [0.25, 0.3) is 0 Å². The van der Waals surface area contributed by atoms with Gasteiger partial charge in [-0.25, -0.2) is 4.39 Å². The fraction of sp³-hybridized carbons (Fsp3) is 0.538. The predicted octanol–water partition coefficient (Wildman–Crippen LogP) is 2.16. The van der Waals surface area contributed by atoms with Crippen LogP contribution in [-0.4, -0.2) is 24.4 Å². The van der Waals surface area contributed by atoms with Crippen molar-refractivity contribution in [2.75, 3.05) is 13.2 Å². The van der Waals surface area contributed by atoms with Crippen LogP contribution in [0.3, 0.4) is 0 Å². The molecule has 0 bridgehead atoms. The number of ether oxygens (including phenoxy) is 1. The molecule has 88 valence electrons. The summed E-state index contributed by atoms with van der Waals surface area (Å²) < 4.78 is 17.9. The van der Waals surface area contributed by atoms with Crippen molar-refractivity contribution in [3.05, 3.63) is 35.6 Å². The van der Waals surface area contributed by atoms with Crippen LogP contribution < -0.4 is 0 Å². The number of halogens is 1. The van der Waals surface area contributed by atoms with Crippen molar-refractivity contribution < 1.29 is 14.2 Å². The van der Waals surface area contributed by atoms with E-state index in [1.807, 2.05) is 0 Å². The maximum Gasteiger partial charge on any atom is 0.123 e. The Morgan fingerprint density at radius 1 is 1.38 bits per heavy atom. The summed E-state index contributed by atoms with van der Waals surface area (Å²) in [5.41, 5.74) is 0.979. The Hall–Kier alpha value is -0.930. The molecule has 1 aliphatic heterocycles. The van der Waals surface area contributed by atoms with Gasteiger partial charge in [0, 0.05) is 13.2 Å². The molecule has 1 saturated heterocycles. The van der Waals surface area contributed by atoms with Crippen LogP contribution in [-0.2, 0) is 11.2 Å². The molecule has 1 heterocycles. The van der Waals surface area contributed by atoms with Crippen molar-refractivity contribution in [2.24, 2.45) is 5.92 Å². The highest BCUT2D eigenvalue weighted by atomic mass is 19.1.